The van der Waals surface area contributed by atoms with E-state index in [0.29, 0.717) is 32.1 Å². The fraction of sp³-hybridized carbons (Fsp3) is 0.457. The Morgan fingerprint density at radius 1 is 0.690 bits per heavy atom. The third-order valence-electron chi connectivity index (χ3n) is 7.09. The number of likely N-dealkylation sites (N-methyl/N-ethyl adjacent to an activating group) is 1. The van der Waals surface area contributed by atoms with Gasteiger partial charge in [0.2, 0.25) is 0 Å². The minimum absolute atomic E-state index is 0. The highest BCUT2D eigenvalue weighted by Gasteiger charge is 2.24. The highest BCUT2D eigenvalue weighted by atomic mass is 35.5. The largest absolute Gasteiger partial charge is 0.494 e. The first-order chi connectivity index (χ1) is 20.2. The van der Waals surface area contributed by atoms with E-state index in [1.165, 1.54) is 0 Å². The van der Waals surface area contributed by atoms with E-state index < -0.39 is 0 Å². The predicted molar refractivity (Wildman–Crippen MR) is 175 cm³/mol. The van der Waals surface area contributed by atoms with E-state index in [9.17, 15) is 4.79 Å². The Morgan fingerprint density at radius 2 is 1.24 bits per heavy atom. The van der Waals surface area contributed by atoms with Crippen LogP contribution in [0.25, 0.3) is 0 Å². The molecule has 3 rings (SSSR count). The molecule has 0 aliphatic heterocycles. The molecule has 0 saturated carbocycles. The molecule has 3 aromatic carbocycles. The third kappa shape index (κ3) is 14.4. The van der Waals surface area contributed by atoms with Crippen molar-refractivity contribution >= 4 is 30.0 Å². The first-order valence-corrected chi connectivity index (χ1v) is 15.6. The Bertz CT molecular complexity index is 1080. The van der Waals surface area contributed by atoms with Crippen LogP contribution in [-0.2, 0) is 22.6 Å². The molecule has 0 fully saturated rings. The summed E-state index contributed by atoms with van der Waals surface area (Å²) in [7, 11) is 2.00. The summed E-state index contributed by atoms with van der Waals surface area (Å²) >= 11 is 5.84. The summed E-state index contributed by atoms with van der Waals surface area (Å²) in [5, 5.41) is 0. The van der Waals surface area contributed by atoms with E-state index in [4.69, 9.17) is 25.8 Å². The molecule has 0 aliphatic carbocycles. The molecule has 0 saturated heterocycles. The number of benzene rings is 3. The van der Waals surface area contributed by atoms with Gasteiger partial charge in [0, 0.05) is 5.88 Å². The van der Waals surface area contributed by atoms with Gasteiger partial charge in [-0.3, -0.25) is 9.69 Å². The molecule has 230 valence electrons. The van der Waals surface area contributed by atoms with Gasteiger partial charge in [-0.2, -0.15) is 0 Å². The van der Waals surface area contributed by atoms with E-state index in [1.807, 2.05) is 67.7 Å². The Balaban J connectivity index is 0.00000616. The molecular weight excluding hydrogens is 569 g/mol. The van der Waals surface area contributed by atoms with Crippen LogP contribution in [0.4, 0.5) is 0 Å². The normalized spacial score (nSPS) is 11.5. The van der Waals surface area contributed by atoms with Crippen LogP contribution in [0.1, 0.15) is 62.5 Å². The molecule has 0 radical (unpaired) electrons. The lowest BCUT2D eigenvalue weighted by atomic mass is 10.0. The van der Waals surface area contributed by atoms with Crippen molar-refractivity contribution in [3.8, 4) is 11.5 Å². The molecule has 1 unspecified atom stereocenters. The quantitative estimate of drug-likeness (QED) is 0.0682. The van der Waals surface area contributed by atoms with Gasteiger partial charge in [-0.25, -0.2) is 0 Å². The van der Waals surface area contributed by atoms with Crippen molar-refractivity contribution in [3.05, 3.63) is 96.1 Å². The number of ether oxygens (including phenoxy) is 3. The molecule has 0 N–H and O–H groups in total. The number of hydrogen-bond acceptors (Lipinski definition) is 5. The topological polar surface area (TPSA) is 48.0 Å². The summed E-state index contributed by atoms with van der Waals surface area (Å²) in [6.07, 6.45) is 8.99. The molecule has 1 atom stereocenters. The van der Waals surface area contributed by atoms with Gasteiger partial charge < -0.3 is 14.2 Å². The second-order valence-corrected chi connectivity index (χ2v) is 10.8. The number of esters is 1. The first kappa shape index (κ1) is 35.5. The van der Waals surface area contributed by atoms with E-state index in [2.05, 4.69) is 29.2 Å². The molecule has 42 heavy (non-hydrogen) atoms. The van der Waals surface area contributed by atoms with Gasteiger partial charge >= 0.3 is 5.97 Å². The van der Waals surface area contributed by atoms with Crippen LogP contribution >= 0.6 is 24.0 Å². The minimum atomic E-state index is -0.272. The SMILES string of the molecule is CN(CCCCCl)C(Cc1ccccc1)C(=O)OCCCCCCCCOc1ccc(OCc2ccccc2)cc1.Cl. The maximum absolute atomic E-state index is 12.9. The lowest BCUT2D eigenvalue weighted by Gasteiger charge is -2.26. The van der Waals surface area contributed by atoms with E-state index in [0.717, 1.165) is 80.5 Å². The Labute approximate surface area is 263 Å². The van der Waals surface area contributed by atoms with Crippen LogP contribution < -0.4 is 9.47 Å². The molecule has 3 aromatic rings. The third-order valence-corrected chi connectivity index (χ3v) is 7.36. The van der Waals surface area contributed by atoms with Gasteiger partial charge in [0.15, 0.2) is 0 Å². The number of rotatable bonds is 21. The number of alkyl halides is 1. The van der Waals surface area contributed by atoms with Crippen LogP contribution in [0.2, 0.25) is 0 Å². The summed E-state index contributed by atoms with van der Waals surface area (Å²) < 4.78 is 17.4. The zero-order chi connectivity index (χ0) is 29.0. The highest BCUT2D eigenvalue weighted by molar-refractivity contribution is 6.17. The summed E-state index contributed by atoms with van der Waals surface area (Å²) in [6.45, 7) is 2.58. The monoisotopic (exact) mass is 615 g/mol. The molecule has 0 aromatic heterocycles. The zero-order valence-corrected chi connectivity index (χ0v) is 26.5. The Kier molecular flexibility index (Phi) is 18.5. The molecule has 7 heteroatoms. The van der Waals surface area contributed by atoms with Gasteiger partial charge in [0.1, 0.15) is 24.1 Å². The Morgan fingerprint density at radius 3 is 1.86 bits per heavy atom. The molecule has 0 amide bonds. The molecule has 0 bridgehead atoms. The molecular formula is C35H47Cl2NO4. The molecule has 0 aliphatic rings. The lowest BCUT2D eigenvalue weighted by molar-refractivity contribution is -0.149. The number of unbranched alkanes of at least 4 members (excludes halogenated alkanes) is 6. The zero-order valence-electron chi connectivity index (χ0n) is 24.9. The van der Waals surface area contributed by atoms with Gasteiger partial charge in [0.05, 0.1) is 13.2 Å². The van der Waals surface area contributed by atoms with Gasteiger partial charge in [-0.1, -0.05) is 86.3 Å². The fourth-order valence-corrected chi connectivity index (χ4v) is 4.80. The number of nitrogens with zero attached hydrogens (tertiary/aromatic N) is 1. The van der Waals surface area contributed by atoms with Gasteiger partial charge in [-0.05, 0) is 81.1 Å². The standard InChI is InChI=1S/C35H46ClNO4.ClH/c1-37(25-13-12-24-36)34(28-30-16-8-6-9-17-30)35(38)40-27-15-5-3-2-4-14-26-39-32-20-22-33(23-21-32)41-29-31-18-10-7-11-19-31;/h6-11,16-23,34H,2-5,12-15,24-29H2,1H3;1H. The van der Waals surface area contributed by atoms with Crippen molar-refractivity contribution in [2.24, 2.45) is 0 Å². The van der Waals surface area contributed by atoms with Crippen LogP contribution in [0.3, 0.4) is 0 Å². The van der Waals surface area contributed by atoms with Gasteiger partial charge in [-0.15, -0.1) is 24.0 Å². The predicted octanol–water partition coefficient (Wildman–Crippen LogP) is 8.51. The van der Waals surface area contributed by atoms with E-state index in [1.54, 1.807) is 0 Å². The molecule has 0 spiro atoms. The fourth-order valence-electron chi connectivity index (χ4n) is 4.61. The smallest absolute Gasteiger partial charge is 0.323 e. The summed E-state index contributed by atoms with van der Waals surface area (Å²) in [4.78, 5) is 15.1. The van der Waals surface area contributed by atoms with Crippen molar-refractivity contribution in [2.75, 3.05) is 32.7 Å². The minimum Gasteiger partial charge on any atom is -0.494 e. The van der Waals surface area contributed by atoms with Crippen molar-refractivity contribution in [2.45, 2.75) is 70.4 Å². The van der Waals surface area contributed by atoms with Crippen molar-refractivity contribution in [3.63, 3.8) is 0 Å². The number of hydrogen-bond donors (Lipinski definition) is 0. The summed E-state index contributed by atoms with van der Waals surface area (Å²) in [5.41, 5.74) is 2.30. The second kappa shape index (κ2) is 21.9. The number of carbonyl (C=O) groups is 1. The van der Waals surface area contributed by atoms with Crippen molar-refractivity contribution in [1.29, 1.82) is 0 Å². The maximum Gasteiger partial charge on any atom is 0.323 e. The second-order valence-electron chi connectivity index (χ2n) is 10.5. The first-order valence-electron chi connectivity index (χ1n) is 15.0. The van der Waals surface area contributed by atoms with Gasteiger partial charge in [0.25, 0.3) is 0 Å². The molecule has 0 heterocycles. The summed E-state index contributed by atoms with van der Waals surface area (Å²) in [5.74, 6) is 2.23. The van der Waals surface area contributed by atoms with Crippen LogP contribution in [0, 0.1) is 0 Å². The Hall–Kier alpha value is -2.73. The van der Waals surface area contributed by atoms with Crippen LogP contribution in [-0.4, -0.2) is 49.6 Å². The highest BCUT2D eigenvalue weighted by Crippen LogP contribution is 2.19. The average molecular weight is 617 g/mol. The van der Waals surface area contributed by atoms with Crippen molar-refractivity contribution in [1.82, 2.24) is 4.90 Å². The maximum atomic E-state index is 12.9. The van der Waals surface area contributed by atoms with Crippen molar-refractivity contribution < 1.29 is 19.0 Å². The average Bonchev–Trinajstić information content (AvgIpc) is 3.01. The van der Waals surface area contributed by atoms with Crippen LogP contribution in [0.15, 0.2) is 84.9 Å². The number of halogens is 2. The summed E-state index contributed by atoms with van der Waals surface area (Å²) in [6, 6.07) is 27.9. The van der Waals surface area contributed by atoms with E-state index in [-0.39, 0.29) is 24.4 Å². The van der Waals surface area contributed by atoms with Crippen LogP contribution in [0.5, 0.6) is 11.5 Å². The molecule has 5 nitrogen and oxygen atoms in total. The number of carbonyl (C=O) groups excluding carboxylic acids is 1. The van der Waals surface area contributed by atoms with E-state index >= 15 is 0 Å². The lowest BCUT2D eigenvalue weighted by Crippen LogP contribution is -2.42.